The van der Waals surface area contributed by atoms with Gasteiger partial charge >= 0.3 is 0 Å². The highest BCUT2D eigenvalue weighted by Gasteiger charge is 2.29. The molecule has 7 heteroatoms. The Morgan fingerprint density at radius 3 is 2.85 bits per heavy atom. The number of amides is 2. The number of carbonyl (C=O) groups is 2. The molecule has 1 atom stereocenters. The Bertz CT molecular complexity index is 787. The van der Waals surface area contributed by atoms with Crippen molar-refractivity contribution < 1.29 is 14.1 Å². The van der Waals surface area contributed by atoms with Crippen molar-refractivity contribution in [1.82, 2.24) is 20.4 Å². The van der Waals surface area contributed by atoms with E-state index in [0.717, 1.165) is 24.0 Å². The molecule has 2 amide bonds. The van der Waals surface area contributed by atoms with Gasteiger partial charge in [0.15, 0.2) is 5.82 Å². The minimum Gasteiger partial charge on any atom is -0.344 e. The first kappa shape index (κ1) is 18.1. The van der Waals surface area contributed by atoms with Crippen molar-refractivity contribution in [3.63, 3.8) is 0 Å². The molecule has 138 valence electrons. The lowest BCUT2D eigenvalue weighted by molar-refractivity contribution is -0.136. The van der Waals surface area contributed by atoms with Crippen LogP contribution in [-0.2, 0) is 22.6 Å². The monoisotopic (exact) mass is 356 g/mol. The van der Waals surface area contributed by atoms with Gasteiger partial charge in [-0.15, -0.1) is 0 Å². The van der Waals surface area contributed by atoms with Gasteiger partial charge in [0.1, 0.15) is 12.6 Å². The zero-order valence-electron chi connectivity index (χ0n) is 15.2. The first-order chi connectivity index (χ1) is 12.5. The van der Waals surface area contributed by atoms with Gasteiger partial charge in [0.2, 0.25) is 17.7 Å². The molecule has 3 rings (SSSR count). The average Bonchev–Trinajstić information content (AvgIpc) is 2.95. The summed E-state index contributed by atoms with van der Waals surface area (Å²) in [5, 5.41) is 6.67. The molecule has 0 aliphatic carbocycles. The maximum Gasteiger partial charge on any atom is 0.246 e. The van der Waals surface area contributed by atoms with E-state index in [0.29, 0.717) is 24.7 Å². The fraction of sp³-hybridized carbons (Fsp3) is 0.474. The number of hydrogen-bond acceptors (Lipinski definition) is 5. The summed E-state index contributed by atoms with van der Waals surface area (Å²) in [7, 11) is 0. The van der Waals surface area contributed by atoms with Crippen LogP contribution < -0.4 is 5.32 Å². The summed E-state index contributed by atoms with van der Waals surface area (Å²) in [6.45, 7) is 4.63. The van der Waals surface area contributed by atoms with E-state index in [9.17, 15) is 9.59 Å². The number of nitrogens with one attached hydrogen (secondary N) is 1. The van der Waals surface area contributed by atoms with E-state index < -0.39 is 6.04 Å². The molecule has 2 heterocycles. The van der Waals surface area contributed by atoms with Crippen LogP contribution in [0.5, 0.6) is 0 Å². The minimum absolute atomic E-state index is 0.0866. The minimum atomic E-state index is -0.502. The number of rotatable bonds is 5. The molecule has 7 nitrogen and oxygen atoms in total. The highest BCUT2D eigenvalue weighted by molar-refractivity contribution is 5.88. The van der Waals surface area contributed by atoms with Crippen LogP contribution in [0.2, 0.25) is 0 Å². The zero-order valence-corrected chi connectivity index (χ0v) is 15.2. The first-order valence-corrected chi connectivity index (χ1v) is 8.95. The Labute approximate surface area is 152 Å². The zero-order chi connectivity index (χ0) is 18.5. The molecule has 0 bridgehead atoms. The summed E-state index contributed by atoms with van der Waals surface area (Å²) in [6.07, 6.45) is 2.71. The average molecular weight is 356 g/mol. The van der Waals surface area contributed by atoms with Gasteiger partial charge in [-0.25, -0.2) is 0 Å². The van der Waals surface area contributed by atoms with Gasteiger partial charge in [-0.05, 0) is 44.2 Å². The fourth-order valence-corrected chi connectivity index (χ4v) is 3.19. The number of hydrogen-bond donors (Lipinski definition) is 1. The Kier molecular flexibility index (Phi) is 5.65. The van der Waals surface area contributed by atoms with E-state index in [1.807, 2.05) is 31.2 Å². The van der Waals surface area contributed by atoms with Crippen molar-refractivity contribution in [2.75, 3.05) is 6.54 Å². The molecule has 1 aliphatic rings. The maximum absolute atomic E-state index is 12.8. The number of carbonyl (C=O) groups excluding carboxylic acids is 2. The van der Waals surface area contributed by atoms with Crippen molar-refractivity contribution in [2.24, 2.45) is 0 Å². The highest BCUT2D eigenvalue weighted by atomic mass is 16.5. The predicted octanol–water partition coefficient (Wildman–Crippen LogP) is 1.93. The summed E-state index contributed by atoms with van der Waals surface area (Å²) in [6, 6.07) is 7.28. The van der Waals surface area contributed by atoms with Gasteiger partial charge in [0.05, 0.1) is 6.42 Å². The normalized spacial score (nSPS) is 17.8. The van der Waals surface area contributed by atoms with E-state index in [1.165, 1.54) is 0 Å². The second-order valence-electron chi connectivity index (χ2n) is 6.71. The molecule has 0 saturated carbocycles. The highest BCUT2D eigenvalue weighted by Crippen LogP contribution is 2.15. The SMILES string of the molecule is Cc1noc(CN2CCCCC(NC(=O)Cc3ccccc3C)C2=O)n1. The molecule has 1 aromatic heterocycles. The van der Waals surface area contributed by atoms with Crippen molar-refractivity contribution in [3.8, 4) is 0 Å². The van der Waals surface area contributed by atoms with Crippen LogP contribution in [0.1, 0.15) is 42.1 Å². The smallest absolute Gasteiger partial charge is 0.246 e. The van der Waals surface area contributed by atoms with Gasteiger partial charge in [0.25, 0.3) is 0 Å². The third-order valence-electron chi connectivity index (χ3n) is 4.62. The van der Waals surface area contributed by atoms with Gasteiger partial charge < -0.3 is 14.7 Å². The molecular formula is C19H24N4O3. The predicted molar refractivity (Wildman–Crippen MR) is 95.1 cm³/mol. The lowest BCUT2D eigenvalue weighted by atomic mass is 10.0. The van der Waals surface area contributed by atoms with E-state index in [4.69, 9.17) is 4.52 Å². The van der Waals surface area contributed by atoms with Gasteiger partial charge in [-0.1, -0.05) is 29.4 Å². The quantitative estimate of drug-likeness (QED) is 0.884. The molecule has 26 heavy (non-hydrogen) atoms. The van der Waals surface area contributed by atoms with Gasteiger partial charge in [0, 0.05) is 6.54 Å². The van der Waals surface area contributed by atoms with Crippen LogP contribution >= 0.6 is 0 Å². The fourth-order valence-electron chi connectivity index (χ4n) is 3.19. The summed E-state index contributed by atoms with van der Waals surface area (Å²) < 4.78 is 5.12. The molecule has 1 aliphatic heterocycles. The maximum atomic E-state index is 12.8. The Morgan fingerprint density at radius 1 is 1.31 bits per heavy atom. The molecule has 0 radical (unpaired) electrons. The molecule has 1 saturated heterocycles. The van der Waals surface area contributed by atoms with Crippen molar-refractivity contribution in [2.45, 2.75) is 52.1 Å². The van der Waals surface area contributed by atoms with E-state index in [-0.39, 0.29) is 24.8 Å². The number of aromatic nitrogens is 2. The number of nitrogens with zero attached hydrogens (tertiary/aromatic N) is 3. The lowest BCUT2D eigenvalue weighted by Gasteiger charge is -2.23. The van der Waals surface area contributed by atoms with Gasteiger partial charge in [-0.3, -0.25) is 9.59 Å². The summed E-state index contributed by atoms with van der Waals surface area (Å²) >= 11 is 0. The Balaban J connectivity index is 1.63. The topological polar surface area (TPSA) is 88.3 Å². The summed E-state index contributed by atoms with van der Waals surface area (Å²) in [4.78, 5) is 31.1. The van der Waals surface area contributed by atoms with Crippen molar-refractivity contribution in [3.05, 3.63) is 47.1 Å². The van der Waals surface area contributed by atoms with Crippen LogP contribution in [0, 0.1) is 13.8 Å². The van der Waals surface area contributed by atoms with Crippen LogP contribution in [0.25, 0.3) is 0 Å². The summed E-state index contributed by atoms with van der Waals surface area (Å²) in [5.41, 5.74) is 2.05. The molecule has 1 N–H and O–H groups in total. The van der Waals surface area contributed by atoms with Crippen LogP contribution in [0.3, 0.4) is 0 Å². The molecule has 1 aromatic carbocycles. The molecular weight excluding hydrogens is 332 g/mol. The second kappa shape index (κ2) is 8.12. The first-order valence-electron chi connectivity index (χ1n) is 8.95. The Hall–Kier alpha value is -2.70. The third-order valence-corrected chi connectivity index (χ3v) is 4.62. The number of benzene rings is 1. The van der Waals surface area contributed by atoms with Crippen LogP contribution in [0.15, 0.2) is 28.8 Å². The van der Waals surface area contributed by atoms with Crippen molar-refractivity contribution >= 4 is 11.8 Å². The number of likely N-dealkylation sites (tertiary alicyclic amines) is 1. The van der Waals surface area contributed by atoms with E-state index >= 15 is 0 Å². The standard InChI is InChI=1S/C19H24N4O3/c1-13-7-3-4-8-15(13)11-17(24)21-16-9-5-6-10-23(19(16)25)12-18-20-14(2)22-26-18/h3-4,7-8,16H,5-6,9-12H2,1-2H3,(H,21,24). The molecule has 1 fully saturated rings. The largest absolute Gasteiger partial charge is 0.344 e. The second-order valence-corrected chi connectivity index (χ2v) is 6.71. The van der Waals surface area contributed by atoms with Gasteiger partial charge in [-0.2, -0.15) is 4.98 Å². The van der Waals surface area contributed by atoms with Crippen LogP contribution in [0.4, 0.5) is 0 Å². The van der Waals surface area contributed by atoms with E-state index in [1.54, 1.807) is 11.8 Å². The number of aryl methyl sites for hydroxylation is 2. The Morgan fingerprint density at radius 2 is 2.12 bits per heavy atom. The molecule has 1 unspecified atom stereocenters. The molecule has 2 aromatic rings. The van der Waals surface area contributed by atoms with E-state index in [2.05, 4.69) is 15.5 Å². The molecule has 0 spiro atoms. The van der Waals surface area contributed by atoms with Crippen LogP contribution in [-0.4, -0.2) is 39.4 Å². The summed E-state index contributed by atoms with van der Waals surface area (Å²) in [5.74, 6) is 0.748. The third kappa shape index (κ3) is 4.47. The lowest BCUT2D eigenvalue weighted by Crippen LogP contribution is -2.47. The van der Waals surface area contributed by atoms with Crippen molar-refractivity contribution in [1.29, 1.82) is 0 Å².